The maximum absolute atomic E-state index is 12.5. The highest BCUT2D eigenvalue weighted by Crippen LogP contribution is 2.15. The van der Waals surface area contributed by atoms with Crippen LogP contribution in [0.5, 0.6) is 5.75 Å². The van der Waals surface area contributed by atoms with Gasteiger partial charge in [-0.25, -0.2) is 13.1 Å². The number of piperazine rings is 1. The minimum absolute atomic E-state index is 0.0187. The Bertz CT molecular complexity index is 927. The topological polar surface area (TPSA) is 99.2 Å². The third-order valence-corrected chi connectivity index (χ3v) is 6.62. The first-order valence-electron chi connectivity index (χ1n) is 9.76. The molecule has 3 rings (SSSR count). The molecule has 0 saturated carbocycles. The molecule has 0 radical (unpaired) electrons. The van der Waals surface area contributed by atoms with Crippen LogP contribution >= 0.6 is 0 Å². The number of esters is 1. The molecule has 2 aromatic carbocycles. The van der Waals surface area contributed by atoms with Crippen molar-refractivity contribution in [2.45, 2.75) is 17.5 Å². The number of rotatable bonds is 8. The zero-order chi connectivity index (χ0) is 21.6. The highest BCUT2D eigenvalue weighted by molar-refractivity contribution is 7.89. The number of nitrogens with zero attached hydrogens (tertiary/aromatic N) is 2. The van der Waals surface area contributed by atoms with Crippen molar-refractivity contribution < 1.29 is 23.1 Å². The Hall–Kier alpha value is -2.46. The molecule has 0 bridgehead atoms. The Morgan fingerprint density at radius 3 is 2.30 bits per heavy atom. The first kappa shape index (κ1) is 22.2. The van der Waals surface area contributed by atoms with Crippen LogP contribution in [0.25, 0.3) is 0 Å². The largest absolute Gasteiger partial charge is 0.508 e. The first-order chi connectivity index (χ1) is 14.4. The fourth-order valence-electron chi connectivity index (χ4n) is 3.47. The molecule has 1 fully saturated rings. The van der Waals surface area contributed by atoms with Gasteiger partial charge < -0.3 is 9.84 Å². The lowest BCUT2D eigenvalue weighted by Gasteiger charge is -2.38. The van der Waals surface area contributed by atoms with Gasteiger partial charge in [0.2, 0.25) is 10.0 Å². The van der Waals surface area contributed by atoms with Crippen molar-refractivity contribution in [2.75, 3.05) is 39.8 Å². The molecule has 1 unspecified atom stereocenters. The second-order valence-corrected chi connectivity index (χ2v) is 8.95. The number of sulfonamides is 1. The molecule has 0 aliphatic carbocycles. The van der Waals surface area contributed by atoms with Crippen LogP contribution in [0.3, 0.4) is 0 Å². The van der Waals surface area contributed by atoms with Gasteiger partial charge in [-0.15, -0.1) is 0 Å². The molecule has 1 heterocycles. The van der Waals surface area contributed by atoms with Gasteiger partial charge in [-0.3, -0.25) is 14.6 Å². The van der Waals surface area contributed by atoms with Crippen molar-refractivity contribution in [2.24, 2.45) is 0 Å². The van der Waals surface area contributed by atoms with E-state index in [1.807, 2.05) is 23.1 Å². The lowest BCUT2D eigenvalue weighted by atomic mass is 10.1. The van der Waals surface area contributed by atoms with E-state index in [0.29, 0.717) is 13.1 Å². The van der Waals surface area contributed by atoms with E-state index in [4.69, 9.17) is 4.74 Å². The monoisotopic (exact) mass is 433 g/mol. The van der Waals surface area contributed by atoms with Crippen LogP contribution in [0, 0.1) is 0 Å². The summed E-state index contributed by atoms with van der Waals surface area (Å²) < 4.78 is 32.5. The highest BCUT2D eigenvalue weighted by Gasteiger charge is 2.31. The molecule has 2 aromatic rings. The third-order valence-electron chi connectivity index (χ3n) is 5.18. The molecule has 0 aromatic heterocycles. The standard InChI is InChI=1S/C21H27N3O5S/c1-29-21(26)20(15-22-30(27,28)19-9-7-18(25)8-10-19)24-13-11-23(12-14-24)16-17-5-3-2-4-6-17/h2-10,20,22,25H,11-16H2,1H3. The maximum Gasteiger partial charge on any atom is 0.324 e. The van der Waals surface area contributed by atoms with E-state index >= 15 is 0 Å². The summed E-state index contributed by atoms with van der Waals surface area (Å²) in [4.78, 5) is 16.6. The Kier molecular flexibility index (Phi) is 7.43. The van der Waals surface area contributed by atoms with Gasteiger partial charge in [0.25, 0.3) is 0 Å². The molecular formula is C21H27N3O5S. The molecule has 1 aliphatic rings. The van der Waals surface area contributed by atoms with Crippen LogP contribution in [-0.2, 0) is 26.1 Å². The smallest absolute Gasteiger partial charge is 0.324 e. The molecule has 8 nitrogen and oxygen atoms in total. The number of methoxy groups -OCH3 is 1. The number of phenolic OH excluding ortho intramolecular Hbond substituents is 1. The lowest BCUT2D eigenvalue weighted by molar-refractivity contribution is -0.147. The molecule has 162 valence electrons. The Morgan fingerprint density at radius 2 is 1.70 bits per heavy atom. The number of carbonyl (C=O) groups is 1. The fourth-order valence-corrected chi connectivity index (χ4v) is 4.51. The minimum atomic E-state index is -3.81. The van der Waals surface area contributed by atoms with Gasteiger partial charge in [-0.05, 0) is 29.8 Å². The highest BCUT2D eigenvalue weighted by atomic mass is 32.2. The summed E-state index contributed by atoms with van der Waals surface area (Å²) in [6, 6.07) is 14.7. The number of aromatic hydroxyl groups is 1. The van der Waals surface area contributed by atoms with Crippen LogP contribution in [0.15, 0.2) is 59.5 Å². The summed E-state index contributed by atoms with van der Waals surface area (Å²) >= 11 is 0. The fraction of sp³-hybridized carbons (Fsp3) is 0.381. The van der Waals surface area contributed by atoms with Gasteiger partial charge in [0, 0.05) is 39.3 Å². The second kappa shape index (κ2) is 10.0. The van der Waals surface area contributed by atoms with Crippen LogP contribution in [0.4, 0.5) is 0 Å². The first-order valence-corrected chi connectivity index (χ1v) is 11.2. The van der Waals surface area contributed by atoms with Gasteiger partial charge in [0.05, 0.1) is 12.0 Å². The van der Waals surface area contributed by atoms with Gasteiger partial charge >= 0.3 is 5.97 Å². The van der Waals surface area contributed by atoms with Crippen molar-refractivity contribution in [3.8, 4) is 5.75 Å². The number of benzene rings is 2. The van der Waals surface area contributed by atoms with Crippen molar-refractivity contribution in [1.29, 1.82) is 0 Å². The quantitative estimate of drug-likeness (QED) is 0.600. The molecule has 2 N–H and O–H groups in total. The second-order valence-electron chi connectivity index (χ2n) is 7.18. The van der Waals surface area contributed by atoms with Crippen LogP contribution < -0.4 is 4.72 Å². The van der Waals surface area contributed by atoms with E-state index < -0.39 is 22.0 Å². The Labute approximate surface area is 177 Å². The van der Waals surface area contributed by atoms with Gasteiger partial charge in [0.15, 0.2) is 0 Å². The zero-order valence-electron chi connectivity index (χ0n) is 16.9. The maximum atomic E-state index is 12.5. The van der Waals surface area contributed by atoms with Crippen LogP contribution in [-0.4, -0.2) is 75.2 Å². The summed E-state index contributed by atoms with van der Waals surface area (Å²) in [6.45, 7) is 3.56. The van der Waals surface area contributed by atoms with E-state index in [-0.39, 0.29) is 17.2 Å². The zero-order valence-corrected chi connectivity index (χ0v) is 17.7. The summed E-state index contributed by atoms with van der Waals surface area (Å²) in [6.07, 6.45) is 0. The van der Waals surface area contributed by atoms with E-state index in [1.165, 1.54) is 36.9 Å². The number of hydrogen-bond donors (Lipinski definition) is 2. The number of ether oxygens (including phenoxy) is 1. The number of nitrogens with one attached hydrogen (secondary N) is 1. The Morgan fingerprint density at radius 1 is 1.07 bits per heavy atom. The summed E-state index contributed by atoms with van der Waals surface area (Å²) in [5.74, 6) is -0.491. The molecule has 30 heavy (non-hydrogen) atoms. The molecule has 9 heteroatoms. The summed E-state index contributed by atoms with van der Waals surface area (Å²) in [7, 11) is -2.51. The molecule has 1 atom stereocenters. The van der Waals surface area contributed by atoms with Crippen molar-refractivity contribution in [3.63, 3.8) is 0 Å². The van der Waals surface area contributed by atoms with E-state index in [1.54, 1.807) is 0 Å². The average molecular weight is 434 g/mol. The third kappa shape index (κ3) is 5.79. The molecule has 1 aliphatic heterocycles. The molecule has 0 amide bonds. The SMILES string of the molecule is COC(=O)C(CNS(=O)(=O)c1ccc(O)cc1)N1CCN(Cc2ccccc2)CC1. The predicted molar refractivity (Wildman–Crippen MR) is 112 cm³/mol. The Balaban J connectivity index is 1.59. The molecule has 1 saturated heterocycles. The normalized spacial score (nSPS) is 16.8. The number of carbonyl (C=O) groups excluding carboxylic acids is 1. The average Bonchev–Trinajstić information content (AvgIpc) is 2.75. The predicted octanol–water partition coefficient (Wildman–Crippen LogP) is 1.03. The number of phenols is 1. The summed E-state index contributed by atoms with van der Waals surface area (Å²) in [5.41, 5.74) is 1.23. The minimum Gasteiger partial charge on any atom is -0.508 e. The van der Waals surface area contributed by atoms with Crippen LogP contribution in [0.2, 0.25) is 0 Å². The van der Waals surface area contributed by atoms with Gasteiger partial charge in [-0.1, -0.05) is 30.3 Å². The van der Waals surface area contributed by atoms with Crippen molar-refractivity contribution in [1.82, 2.24) is 14.5 Å². The van der Waals surface area contributed by atoms with Crippen LogP contribution in [0.1, 0.15) is 5.56 Å². The van der Waals surface area contributed by atoms with E-state index in [0.717, 1.165) is 19.6 Å². The summed E-state index contributed by atoms with van der Waals surface area (Å²) in [5, 5.41) is 9.34. The number of hydrogen-bond acceptors (Lipinski definition) is 7. The lowest BCUT2D eigenvalue weighted by Crippen LogP contribution is -2.56. The van der Waals surface area contributed by atoms with Crippen molar-refractivity contribution in [3.05, 3.63) is 60.2 Å². The van der Waals surface area contributed by atoms with Gasteiger partial charge in [0.1, 0.15) is 11.8 Å². The van der Waals surface area contributed by atoms with E-state index in [2.05, 4.69) is 21.8 Å². The molecular weight excluding hydrogens is 406 g/mol. The van der Waals surface area contributed by atoms with E-state index in [9.17, 15) is 18.3 Å². The van der Waals surface area contributed by atoms with Gasteiger partial charge in [-0.2, -0.15) is 0 Å². The van der Waals surface area contributed by atoms with Crippen molar-refractivity contribution >= 4 is 16.0 Å². The molecule has 0 spiro atoms.